The molecule has 0 spiro atoms. The molecule has 0 unspecified atom stereocenters. The summed E-state index contributed by atoms with van der Waals surface area (Å²) in [5.41, 5.74) is 1.65. The molecule has 118 valence electrons. The van der Waals surface area contributed by atoms with Gasteiger partial charge in [0.05, 0.1) is 14.2 Å². The molecular formula is C14H16BrClN4O2. The van der Waals surface area contributed by atoms with Crippen molar-refractivity contribution in [3.05, 3.63) is 33.6 Å². The van der Waals surface area contributed by atoms with Crippen molar-refractivity contribution in [1.82, 2.24) is 9.97 Å². The van der Waals surface area contributed by atoms with Crippen LogP contribution in [0.3, 0.4) is 0 Å². The largest absolute Gasteiger partial charge is 0.493 e. The molecule has 2 N–H and O–H groups in total. The van der Waals surface area contributed by atoms with Gasteiger partial charge in [-0.1, -0.05) is 27.5 Å². The summed E-state index contributed by atoms with van der Waals surface area (Å²) in [6, 6.07) is 3.76. The van der Waals surface area contributed by atoms with E-state index in [1.165, 1.54) is 6.33 Å². The summed E-state index contributed by atoms with van der Waals surface area (Å²) in [6.45, 7) is 0.531. The van der Waals surface area contributed by atoms with E-state index in [4.69, 9.17) is 21.1 Å². The molecule has 1 aromatic carbocycles. The van der Waals surface area contributed by atoms with Crippen LogP contribution in [-0.2, 0) is 6.54 Å². The summed E-state index contributed by atoms with van der Waals surface area (Å²) >= 11 is 9.56. The van der Waals surface area contributed by atoms with E-state index < -0.39 is 0 Å². The van der Waals surface area contributed by atoms with Gasteiger partial charge in [0.25, 0.3) is 0 Å². The highest BCUT2D eigenvalue weighted by molar-refractivity contribution is 9.10. The molecule has 0 fully saturated rings. The molecule has 0 atom stereocenters. The molecule has 6 nitrogen and oxygen atoms in total. The van der Waals surface area contributed by atoms with E-state index in [1.807, 2.05) is 12.1 Å². The fraction of sp³-hybridized carbons (Fsp3) is 0.286. The van der Waals surface area contributed by atoms with Crippen LogP contribution in [0.5, 0.6) is 11.5 Å². The van der Waals surface area contributed by atoms with E-state index in [-0.39, 0.29) is 0 Å². The van der Waals surface area contributed by atoms with Gasteiger partial charge >= 0.3 is 0 Å². The van der Waals surface area contributed by atoms with Crippen molar-refractivity contribution >= 4 is 39.0 Å². The number of methoxy groups -OCH3 is 2. The Kier molecular flexibility index (Phi) is 5.68. The Morgan fingerprint density at radius 3 is 2.50 bits per heavy atom. The third kappa shape index (κ3) is 3.53. The molecule has 1 aromatic heterocycles. The predicted octanol–water partition coefficient (Wildman–Crippen LogP) is 3.56. The molecule has 1 heterocycles. The fourth-order valence-electron chi connectivity index (χ4n) is 1.93. The maximum atomic E-state index is 6.03. The van der Waals surface area contributed by atoms with Gasteiger partial charge in [-0.3, -0.25) is 0 Å². The Morgan fingerprint density at radius 2 is 1.86 bits per heavy atom. The molecule has 0 saturated carbocycles. The van der Waals surface area contributed by atoms with Crippen LogP contribution in [-0.4, -0.2) is 31.2 Å². The summed E-state index contributed by atoms with van der Waals surface area (Å²) < 4.78 is 11.5. The topological polar surface area (TPSA) is 68.3 Å². The van der Waals surface area contributed by atoms with Crippen molar-refractivity contribution in [2.75, 3.05) is 31.9 Å². The zero-order chi connectivity index (χ0) is 16.1. The Morgan fingerprint density at radius 1 is 1.18 bits per heavy atom. The van der Waals surface area contributed by atoms with Gasteiger partial charge in [-0.05, 0) is 17.7 Å². The number of aromatic nitrogens is 2. The number of anilines is 2. The number of nitrogens with zero attached hydrogens (tertiary/aromatic N) is 2. The predicted molar refractivity (Wildman–Crippen MR) is 91.2 cm³/mol. The number of nitrogens with one attached hydrogen (secondary N) is 2. The highest BCUT2D eigenvalue weighted by Crippen LogP contribution is 2.34. The van der Waals surface area contributed by atoms with Gasteiger partial charge in [-0.15, -0.1) is 0 Å². The molecule has 22 heavy (non-hydrogen) atoms. The molecule has 8 heteroatoms. The van der Waals surface area contributed by atoms with Crippen molar-refractivity contribution in [3.8, 4) is 11.5 Å². The molecule has 0 radical (unpaired) electrons. The Bertz CT molecular complexity index is 670. The lowest BCUT2D eigenvalue weighted by Crippen LogP contribution is -2.07. The second-order valence-corrected chi connectivity index (χ2v) is 5.50. The van der Waals surface area contributed by atoms with Crippen LogP contribution in [0.1, 0.15) is 5.56 Å². The first-order valence-corrected chi connectivity index (χ1v) is 7.60. The van der Waals surface area contributed by atoms with Gasteiger partial charge in [0.1, 0.15) is 12.0 Å². The highest BCUT2D eigenvalue weighted by atomic mass is 79.9. The Labute approximate surface area is 142 Å². The zero-order valence-corrected chi connectivity index (χ0v) is 14.7. The minimum absolute atomic E-state index is 0.367. The van der Waals surface area contributed by atoms with Crippen molar-refractivity contribution in [3.63, 3.8) is 0 Å². The summed E-state index contributed by atoms with van der Waals surface area (Å²) in [7, 11) is 4.97. The highest BCUT2D eigenvalue weighted by Gasteiger charge is 2.12. The lowest BCUT2D eigenvalue weighted by Gasteiger charge is -2.14. The first-order valence-electron chi connectivity index (χ1n) is 6.43. The SMILES string of the molecule is CNc1c(Cl)ncnc1NCc1cc(OC)c(OC)cc1Br. The molecule has 2 rings (SSSR count). The van der Waals surface area contributed by atoms with Gasteiger partial charge in [0, 0.05) is 18.1 Å². The van der Waals surface area contributed by atoms with Crippen molar-refractivity contribution < 1.29 is 9.47 Å². The summed E-state index contributed by atoms with van der Waals surface area (Å²) in [4.78, 5) is 8.13. The summed E-state index contributed by atoms with van der Waals surface area (Å²) in [6.07, 6.45) is 1.41. The van der Waals surface area contributed by atoms with Gasteiger partial charge in [-0.2, -0.15) is 0 Å². The van der Waals surface area contributed by atoms with Gasteiger partial charge in [0.15, 0.2) is 22.5 Å². The molecule has 0 bridgehead atoms. The molecule has 0 aliphatic rings. The normalized spacial score (nSPS) is 10.2. The quantitative estimate of drug-likeness (QED) is 0.739. The van der Waals surface area contributed by atoms with Crippen LogP contribution in [0, 0.1) is 0 Å². The van der Waals surface area contributed by atoms with E-state index in [2.05, 4.69) is 36.5 Å². The van der Waals surface area contributed by atoms with Crippen molar-refractivity contribution in [2.45, 2.75) is 6.54 Å². The molecule has 2 aromatic rings. The third-order valence-electron chi connectivity index (χ3n) is 3.05. The molecule has 0 aliphatic heterocycles. The summed E-state index contributed by atoms with van der Waals surface area (Å²) in [5, 5.41) is 6.57. The zero-order valence-electron chi connectivity index (χ0n) is 12.4. The lowest BCUT2D eigenvalue weighted by molar-refractivity contribution is 0.354. The minimum atomic E-state index is 0.367. The second kappa shape index (κ2) is 7.51. The minimum Gasteiger partial charge on any atom is -0.493 e. The maximum absolute atomic E-state index is 6.03. The second-order valence-electron chi connectivity index (χ2n) is 4.29. The molecule has 0 amide bonds. The Hall–Kier alpha value is -1.73. The lowest BCUT2D eigenvalue weighted by atomic mass is 10.2. The number of hydrogen-bond donors (Lipinski definition) is 2. The summed E-state index contributed by atoms with van der Waals surface area (Å²) in [5.74, 6) is 1.96. The van der Waals surface area contributed by atoms with E-state index in [9.17, 15) is 0 Å². The monoisotopic (exact) mass is 386 g/mol. The standard InChI is InChI=1S/C14H16BrClN4O2/c1-17-12-13(16)19-7-20-14(12)18-6-8-4-10(21-2)11(22-3)5-9(8)15/h4-5,7,17H,6H2,1-3H3,(H,18,19,20). The van der Waals surface area contributed by atoms with Crippen LogP contribution < -0.4 is 20.1 Å². The van der Waals surface area contributed by atoms with Crippen LogP contribution in [0.2, 0.25) is 5.15 Å². The number of hydrogen-bond acceptors (Lipinski definition) is 6. The van der Waals surface area contributed by atoms with Crippen molar-refractivity contribution in [1.29, 1.82) is 0 Å². The van der Waals surface area contributed by atoms with Crippen LogP contribution in [0.25, 0.3) is 0 Å². The van der Waals surface area contributed by atoms with Crippen molar-refractivity contribution in [2.24, 2.45) is 0 Å². The van der Waals surface area contributed by atoms with Crippen LogP contribution in [0.15, 0.2) is 22.9 Å². The van der Waals surface area contributed by atoms with Crippen LogP contribution >= 0.6 is 27.5 Å². The maximum Gasteiger partial charge on any atom is 0.161 e. The average molecular weight is 388 g/mol. The number of ether oxygens (including phenoxy) is 2. The first kappa shape index (κ1) is 16.6. The van der Waals surface area contributed by atoms with E-state index >= 15 is 0 Å². The van der Waals surface area contributed by atoms with E-state index in [0.717, 1.165) is 10.0 Å². The van der Waals surface area contributed by atoms with E-state index in [0.29, 0.717) is 34.7 Å². The van der Waals surface area contributed by atoms with E-state index in [1.54, 1.807) is 21.3 Å². The smallest absolute Gasteiger partial charge is 0.161 e. The number of benzene rings is 1. The molecule has 0 aliphatic carbocycles. The van der Waals surface area contributed by atoms with Gasteiger partial charge in [-0.25, -0.2) is 9.97 Å². The van der Waals surface area contributed by atoms with Crippen LogP contribution in [0.4, 0.5) is 11.5 Å². The number of rotatable bonds is 6. The molecular weight excluding hydrogens is 372 g/mol. The first-order chi connectivity index (χ1) is 10.6. The van der Waals surface area contributed by atoms with Gasteiger partial charge in [0.2, 0.25) is 0 Å². The van der Waals surface area contributed by atoms with Gasteiger partial charge < -0.3 is 20.1 Å². The average Bonchev–Trinajstić information content (AvgIpc) is 2.53. The number of halogens is 2. The molecule has 0 saturated heterocycles. The fourth-order valence-corrected chi connectivity index (χ4v) is 2.62. The Balaban J connectivity index is 2.24. The third-order valence-corrected chi connectivity index (χ3v) is 4.07.